The van der Waals surface area contributed by atoms with Gasteiger partial charge >= 0.3 is 0 Å². The van der Waals surface area contributed by atoms with Crippen molar-refractivity contribution in [2.75, 3.05) is 39.6 Å². The summed E-state index contributed by atoms with van der Waals surface area (Å²) in [5.74, 6) is 1.95. The second-order valence-electron chi connectivity index (χ2n) is 22.4. The fraction of sp³-hybridized carbons (Fsp3) is 0.794. The van der Waals surface area contributed by atoms with Crippen LogP contribution in [0.2, 0.25) is 0 Å². The van der Waals surface area contributed by atoms with E-state index in [1.807, 2.05) is 0 Å². The van der Waals surface area contributed by atoms with Crippen LogP contribution < -0.4 is 28.4 Å². The minimum absolute atomic E-state index is 0.256. The highest BCUT2D eigenvalue weighted by Gasteiger charge is 2.41. The Morgan fingerprint density at radius 2 is 0.421 bits per heavy atom. The van der Waals surface area contributed by atoms with E-state index in [2.05, 4.69) is 41.5 Å². The molecule has 8 nitrogen and oxygen atoms in total. The van der Waals surface area contributed by atoms with Crippen LogP contribution in [0.3, 0.4) is 0 Å². The number of ketones is 2. The summed E-state index contributed by atoms with van der Waals surface area (Å²) < 4.78 is 40.6. The molecule has 0 unspecified atom stereocenters. The van der Waals surface area contributed by atoms with Gasteiger partial charge in [0.15, 0.2) is 34.6 Å². The van der Waals surface area contributed by atoms with E-state index in [1.54, 1.807) is 12.1 Å². The Bertz CT molecular complexity index is 1640. The van der Waals surface area contributed by atoms with Gasteiger partial charge < -0.3 is 28.4 Å². The average Bonchev–Trinajstić information content (AvgIpc) is 3.45. The van der Waals surface area contributed by atoms with Gasteiger partial charge in [0.05, 0.1) is 50.8 Å². The van der Waals surface area contributed by atoms with Crippen molar-refractivity contribution in [1.82, 2.24) is 0 Å². The van der Waals surface area contributed by atoms with Gasteiger partial charge in [-0.2, -0.15) is 0 Å². The van der Waals surface area contributed by atoms with E-state index in [-0.39, 0.29) is 33.8 Å². The molecule has 0 saturated heterocycles. The van der Waals surface area contributed by atoms with E-state index in [9.17, 15) is 0 Å². The fourth-order valence-corrected chi connectivity index (χ4v) is 10.5. The topological polar surface area (TPSA) is 89.5 Å². The first kappa shape index (κ1) is 66.9. The molecular weight excluding hydrogens is 945 g/mol. The first-order chi connectivity index (χ1) is 37.5. The summed E-state index contributed by atoms with van der Waals surface area (Å²) in [4.78, 5) is 31.3. The predicted molar refractivity (Wildman–Crippen MR) is 321 cm³/mol. The Hall–Kier alpha value is -3.42. The third-order valence-corrected chi connectivity index (χ3v) is 15.3. The SMILES string of the molecule is CCCCCCCCCOc1cc2c(c(OCCCCCCCCC)c1OCCCCCCCCC)C(=O)c1cc(OCCCCCCCCC)c(OCCCCCCCCC)c(OCCCCCCCCC)c1C2=O. The van der Waals surface area contributed by atoms with E-state index in [4.69, 9.17) is 28.4 Å². The summed E-state index contributed by atoms with van der Waals surface area (Å²) in [7, 11) is 0. The molecule has 436 valence electrons. The highest BCUT2D eigenvalue weighted by Crippen LogP contribution is 2.51. The van der Waals surface area contributed by atoms with Crippen LogP contribution in [0, 0.1) is 0 Å². The van der Waals surface area contributed by atoms with Crippen LogP contribution in [0.25, 0.3) is 0 Å². The summed E-state index contributed by atoms with van der Waals surface area (Å²) in [6.45, 7) is 16.2. The quantitative estimate of drug-likeness (QED) is 0.0517. The lowest BCUT2D eigenvalue weighted by Gasteiger charge is -2.27. The van der Waals surface area contributed by atoms with Crippen LogP contribution in [0.15, 0.2) is 12.1 Å². The van der Waals surface area contributed by atoms with Gasteiger partial charge in [0.1, 0.15) is 0 Å². The molecule has 76 heavy (non-hydrogen) atoms. The highest BCUT2D eigenvalue weighted by molar-refractivity contribution is 6.31. The van der Waals surface area contributed by atoms with Gasteiger partial charge in [0.25, 0.3) is 0 Å². The van der Waals surface area contributed by atoms with Gasteiger partial charge in [-0.05, 0) is 50.7 Å². The third kappa shape index (κ3) is 27.0. The number of unbranched alkanes of at least 4 members (excludes halogenated alkanes) is 36. The molecule has 0 bridgehead atoms. The number of carbonyl (C=O) groups excluding carboxylic acids is 2. The standard InChI is InChI=1S/C68H116O8/c1-7-13-19-25-31-37-43-49-71-59-55-57-61(67(75-53-47-41-35-29-23-17-11-5)65(59)73-51-45-39-33-27-21-15-9-3)64(70)58-56-60(72-50-44-38-32-26-20-14-8-2)66(74-52-46-40-34-28-22-16-10-4)68(62(58)63(57)69)76-54-48-42-36-30-24-18-12-6/h55-56H,7-54H2,1-6H3. The van der Waals surface area contributed by atoms with Gasteiger partial charge in [-0.1, -0.05) is 273 Å². The number of hydrogen-bond acceptors (Lipinski definition) is 8. The minimum Gasteiger partial charge on any atom is -0.490 e. The molecule has 2 aromatic rings. The van der Waals surface area contributed by atoms with Crippen molar-refractivity contribution in [3.05, 3.63) is 34.4 Å². The van der Waals surface area contributed by atoms with E-state index >= 15 is 9.59 Å². The molecule has 0 heterocycles. The zero-order valence-electron chi connectivity index (χ0n) is 50.4. The summed E-state index contributed by atoms with van der Waals surface area (Å²) in [5.41, 5.74) is 1.07. The average molecular weight is 1060 g/mol. The van der Waals surface area contributed by atoms with Gasteiger partial charge in [-0.3, -0.25) is 9.59 Å². The zero-order chi connectivity index (χ0) is 54.5. The Morgan fingerprint density at radius 1 is 0.237 bits per heavy atom. The molecule has 3 rings (SSSR count). The zero-order valence-corrected chi connectivity index (χ0v) is 50.4. The Kier molecular flexibility index (Phi) is 40.0. The van der Waals surface area contributed by atoms with Crippen LogP contribution in [0.5, 0.6) is 34.5 Å². The maximum absolute atomic E-state index is 15.6. The fourth-order valence-electron chi connectivity index (χ4n) is 10.5. The van der Waals surface area contributed by atoms with Crippen molar-refractivity contribution < 1.29 is 38.0 Å². The normalized spacial score (nSPS) is 12.0. The number of hydrogen-bond donors (Lipinski definition) is 0. The van der Waals surface area contributed by atoms with Crippen molar-refractivity contribution in [2.45, 2.75) is 311 Å². The number of ether oxygens (including phenoxy) is 6. The van der Waals surface area contributed by atoms with Gasteiger partial charge in [0, 0.05) is 11.1 Å². The molecule has 0 fully saturated rings. The molecule has 0 saturated carbocycles. The molecule has 1 aliphatic carbocycles. The third-order valence-electron chi connectivity index (χ3n) is 15.3. The molecule has 8 heteroatoms. The van der Waals surface area contributed by atoms with Crippen LogP contribution in [-0.4, -0.2) is 51.2 Å². The molecule has 0 amide bonds. The summed E-state index contributed by atoms with van der Waals surface area (Å²) in [5, 5.41) is 0. The van der Waals surface area contributed by atoms with E-state index < -0.39 is 0 Å². The minimum atomic E-state index is -0.279. The lowest BCUT2D eigenvalue weighted by molar-refractivity contribution is 0.0968. The Labute approximate surface area is 467 Å². The largest absolute Gasteiger partial charge is 0.490 e. The first-order valence-corrected chi connectivity index (χ1v) is 32.8. The molecule has 2 aromatic carbocycles. The second-order valence-corrected chi connectivity index (χ2v) is 22.4. The molecule has 0 atom stereocenters. The van der Waals surface area contributed by atoms with Gasteiger partial charge in [-0.25, -0.2) is 0 Å². The molecule has 0 aliphatic heterocycles. The lowest BCUT2D eigenvalue weighted by Crippen LogP contribution is -2.25. The monoisotopic (exact) mass is 1060 g/mol. The van der Waals surface area contributed by atoms with Crippen molar-refractivity contribution in [3.8, 4) is 34.5 Å². The number of fused-ring (bicyclic) bond motifs is 2. The van der Waals surface area contributed by atoms with Gasteiger partial charge in [-0.15, -0.1) is 0 Å². The Balaban J connectivity index is 2.15. The number of benzene rings is 2. The van der Waals surface area contributed by atoms with E-state index in [0.717, 1.165) is 103 Å². The molecule has 1 aliphatic rings. The maximum Gasteiger partial charge on any atom is 0.204 e. The maximum atomic E-state index is 15.6. The molecule has 0 radical (unpaired) electrons. The molecule has 0 N–H and O–H groups in total. The van der Waals surface area contributed by atoms with Crippen LogP contribution in [0.4, 0.5) is 0 Å². The van der Waals surface area contributed by atoms with Crippen molar-refractivity contribution in [3.63, 3.8) is 0 Å². The second kappa shape index (κ2) is 45.4. The first-order valence-electron chi connectivity index (χ1n) is 32.8. The van der Waals surface area contributed by atoms with Crippen molar-refractivity contribution in [2.24, 2.45) is 0 Å². The smallest absolute Gasteiger partial charge is 0.204 e. The van der Waals surface area contributed by atoms with Crippen LogP contribution in [-0.2, 0) is 0 Å². The lowest BCUT2D eigenvalue weighted by atomic mass is 9.82. The van der Waals surface area contributed by atoms with E-state index in [0.29, 0.717) is 74.1 Å². The number of rotatable bonds is 54. The predicted octanol–water partition coefficient (Wildman–Crippen LogP) is 21.2. The molecular formula is C68H116O8. The molecule has 0 spiro atoms. The van der Waals surface area contributed by atoms with Crippen molar-refractivity contribution in [1.29, 1.82) is 0 Å². The summed E-state index contributed by atoms with van der Waals surface area (Å²) in [6, 6.07) is 3.56. The highest BCUT2D eigenvalue weighted by atomic mass is 16.5. The van der Waals surface area contributed by atoms with E-state index in [1.165, 1.54) is 167 Å². The number of carbonyl (C=O) groups is 2. The van der Waals surface area contributed by atoms with Crippen LogP contribution >= 0.6 is 0 Å². The summed E-state index contributed by atoms with van der Waals surface area (Å²) in [6.07, 6.45) is 48.3. The van der Waals surface area contributed by atoms with Crippen LogP contribution in [0.1, 0.15) is 343 Å². The molecule has 0 aromatic heterocycles. The van der Waals surface area contributed by atoms with Crippen molar-refractivity contribution >= 4 is 11.6 Å². The Morgan fingerprint density at radius 3 is 0.645 bits per heavy atom. The summed E-state index contributed by atoms with van der Waals surface area (Å²) >= 11 is 0. The van der Waals surface area contributed by atoms with Gasteiger partial charge in [0.2, 0.25) is 11.5 Å².